The molecule has 0 aromatic rings. The fraction of sp³-hybridized carbons (Fsp3) is 0.900. The van der Waals surface area contributed by atoms with Gasteiger partial charge in [-0.1, -0.05) is 0 Å². The van der Waals surface area contributed by atoms with E-state index in [9.17, 15) is 5.26 Å². The van der Waals surface area contributed by atoms with Gasteiger partial charge in [-0.25, -0.2) is 0 Å². The molecule has 3 nitrogen and oxygen atoms in total. The van der Waals surface area contributed by atoms with Crippen LogP contribution in [-0.2, 0) is 0 Å². The second-order valence-corrected chi connectivity index (χ2v) is 4.42. The molecule has 1 atom stereocenters. The van der Waals surface area contributed by atoms with Crippen molar-refractivity contribution < 1.29 is 0 Å². The summed E-state index contributed by atoms with van der Waals surface area (Å²) in [7, 11) is 1.99. The van der Waals surface area contributed by atoms with Crippen molar-refractivity contribution in [1.29, 1.82) is 5.26 Å². The van der Waals surface area contributed by atoms with Gasteiger partial charge in [0.15, 0.2) is 0 Å². The Labute approximate surface area is 79.7 Å². The molecule has 1 saturated carbocycles. The fourth-order valence-corrected chi connectivity index (χ4v) is 2.11. The fourth-order valence-electron chi connectivity index (χ4n) is 2.11. The van der Waals surface area contributed by atoms with Crippen LogP contribution < -0.4 is 5.32 Å². The van der Waals surface area contributed by atoms with E-state index in [1.54, 1.807) is 0 Å². The number of hydrogen-bond donors (Lipinski definition) is 1. The Kier molecular flexibility index (Phi) is 2.05. The van der Waals surface area contributed by atoms with Crippen molar-refractivity contribution in [2.45, 2.75) is 31.3 Å². The van der Waals surface area contributed by atoms with E-state index in [2.05, 4.69) is 23.2 Å². The van der Waals surface area contributed by atoms with Crippen molar-refractivity contribution in [2.24, 2.45) is 5.92 Å². The van der Waals surface area contributed by atoms with Crippen LogP contribution in [0.15, 0.2) is 0 Å². The minimum atomic E-state index is -0.173. The van der Waals surface area contributed by atoms with Crippen molar-refractivity contribution >= 4 is 0 Å². The minimum Gasteiger partial charge on any atom is -0.315 e. The normalized spacial score (nSPS) is 29.0. The molecule has 2 fully saturated rings. The summed E-state index contributed by atoms with van der Waals surface area (Å²) in [6.45, 7) is 4.17. The van der Waals surface area contributed by atoms with Crippen LogP contribution in [0.4, 0.5) is 0 Å². The van der Waals surface area contributed by atoms with Crippen molar-refractivity contribution in [3.05, 3.63) is 0 Å². The maximum atomic E-state index is 9.18. The van der Waals surface area contributed by atoms with E-state index in [0.717, 1.165) is 13.1 Å². The maximum absolute atomic E-state index is 9.18. The smallest absolute Gasteiger partial charge is 0.109 e. The van der Waals surface area contributed by atoms with E-state index in [0.29, 0.717) is 12.0 Å². The highest BCUT2D eigenvalue weighted by Crippen LogP contribution is 2.44. The number of hydrogen-bond acceptors (Lipinski definition) is 3. The standard InChI is InChI=1S/C10H17N3/c1-10(7-11,8-3-4-8)13-5-9(6-13)12-2/h8-9,12H,3-6H2,1-2H3. The molecule has 72 valence electrons. The maximum Gasteiger partial charge on any atom is 0.109 e. The molecule has 0 radical (unpaired) electrons. The van der Waals surface area contributed by atoms with Crippen molar-refractivity contribution in [1.82, 2.24) is 10.2 Å². The van der Waals surface area contributed by atoms with Crippen LogP contribution in [0.3, 0.4) is 0 Å². The highest BCUT2D eigenvalue weighted by atomic mass is 15.3. The molecule has 1 aliphatic heterocycles. The van der Waals surface area contributed by atoms with Crippen LogP contribution in [-0.4, -0.2) is 36.6 Å². The van der Waals surface area contributed by atoms with Gasteiger partial charge in [-0.05, 0) is 32.7 Å². The highest BCUT2D eigenvalue weighted by molar-refractivity contribution is 5.16. The Morgan fingerprint density at radius 2 is 2.08 bits per heavy atom. The Hall–Kier alpha value is -0.590. The molecule has 1 N–H and O–H groups in total. The first-order chi connectivity index (χ1) is 6.20. The van der Waals surface area contributed by atoms with Crippen molar-refractivity contribution in [2.75, 3.05) is 20.1 Å². The number of rotatable bonds is 3. The average molecular weight is 179 g/mol. The van der Waals surface area contributed by atoms with Gasteiger partial charge in [0, 0.05) is 19.1 Å². The van der Waals surface area contributed by atoms with Gasteiger partial charge in [-0.2, -0.15) is 5.26 Å². The van der Waals surface area contributed by atoms with E-state index in [1.165, 1.54) is 12.8 Å². The van der Waals surface area contributed by atoms with Gasteiger partial charge in [0.1, 0.15) is 5.54 Å². The lowest BCUT2D eigenvalue weighted by Gasteiger charge is -2.47. The van der Waals surface area contributed by atoms with E-state index in [-0.39, 0.29) is 5.54 Å². The Bertz CT molecular complexity index is 235. The van der Waals surface area contributed by atoms with Crippen LogP contribution in [0.1, 0.15) is 19.8 Å². The van der Waals surface area contributed by atoms with Gasteiger partial charge in [0.25, 0.3) is 0 Å². The summed E-state index contributed by atoms with van der Waals surface area (Å²) in [4.78, 5) is 2.31. The van der Waals surface area contributed by atoms with Gasteiger partial charge in [0.05, 0.1) is 6.07 Å². The van der Waals surface area contributed by atoms with Crippen LogP contribution in [0.2, 0.25) is 0 Å². The lowest BCUT2D eigenvalue weighted by Crippen LogP contribution is -2.65. The van der Waals surface area contributed by atoms with Crippen LogP contribution >= 0.6 is 0 Å². The minimum absolute atomic E-state index is 0.173. The molecule has 1 unspecified atom stereocenters. The van der Waals surface area contributed by atoms with Gasteiger partial charge in [-0.15, -0.1) is 0 Å². The number of nitrogens with zero attached hydrogens (tertiary/aromatic N) is 2. The third-order valence-corrected chi connectivity index (χ3v) is 3.55. The van der Waals surface area contributed by atoms with Crippen LogP contribution in [0.25, 0.3) is 0 Å². The van der Waals surface area contributed by atoms with Crippen molar-refractivity contribution in [3.63, 3.8) is 0 Å². The van der Waals surface area contributed by atoms with E-state index >= 15 is 0 Å². The molecular weight excluding hydrogens is 162 g/mol. The molecule has 3 heteroatoms. The summed E-state index contributed by atoms with van der Waals surface area (Å²) in [5.74, 6) is 0.635. The van der Waals surface area contributed by atoms with Gasteiger partial charge >= 0.3 is 0 Å². The third kappa shape index (κ3) is 1.34. The molecular formula is C10H17N3. The van der Waals surface area contributed by atoms with Crippen LogP contribution in [0, 0.1) is 17.2 Å². The third-order valence-electron chi connectivity index (χ3n) is 3.55. The number of nitrogens with one attached hydrogen (secondary N) is 1. The van der Waals surface area contributed by atoms with E-state index in [1.807, 2.05) is 7.05 Å². The lowest BCUT2D eigenvalue weighted by atomic mass is 9.90. The molecule has 0 aromatic carbocycles. The Balaban J connectivity index is 1.96. The summed E-state index contributed by atoms with van der Waals surface area (Å²) in [6.07, 6.45) is 2.48. The summed E-state index contributed by atoms with van der Waals surface area (Å²) in [6, 6.07) is 3.09. The molecule has 2 aliphatic rings. The van der Waals surface area contributed by atoms with Gasteiger partial charge in [0.2, 0.25) is 0 Å². The van der Waals surface area contributed by atoms with E-state index < -0.39 is 0 Å². The first kappa shape index (κ1) is 8.98. The summed E-state index contributed by atoms with van der Waals surface area (Å²) >= 11 is 0. The Morgan fingerprint density at radius 1 is 1.46 bits per heavy atom. The summed E-state index contributed by atoms with van der Waals surface area (Å²) < 4.78 is 0. The van der Waals surface area contributed by atoms with Crippen LogP contribution in [0.5, 0.6) is 0 Å². The average Bonchev–Trinajstić information content (AvgIpc) is 2.84. The zero-order valence-electron chi connectivity index (χ0n) is 8.38. The summed E-state index contributed by atoms with van der Waals surface area (Å²) in [5, 5.41) is 12.4. The molecule has 13 heavy (non-hydrogen) atoms. The predicted octanol–water partition coefficient (Wildman–Crippen LogP) is 0.582. The molecule has 0 spiro atoms. The molecule has 0 amide bonds. The topological polar surface area (TPSA) is 39.1 Å². The molecule has 1 saturated heterocycles. The molecule has 0 bridgehead atoms. The van der Waals surface area contributed by atoms with Gasteiger partial charge in [-0.3, -0.25) is 4.90 Å². The number of likely N-dealkylation sites (tertiary alicyclic amines) is 1. The molecule has 2 rings (SSSR count). The monoisotopic (exact) mass is 179 g/mol. The zero-order valence-corrected chi connectivity index (χ0v) is 8.38. The Morgan fingerprint density at radius 3 is 2.46 bits per heavy atom. The predicted molar refractivity (Wildman–Crippen MR) is 51.2 cm³/mol. The zero-order chi connectivity index (χ0) is 9.47. The SMILES string of the molecule is CNC1CN(C(C)(C#N)C2CC2)C1. The highest BCUT2D eigenvalue weighted by Gasteiger charge is 2.49. The quantitative estimate of drug-likeness (QED) is 0.689. The summed E-state index contributed by atoms with van der Waals surface area (Å²) in [5.41, 5.74) is -0.173. The van der Waals surface area contributed by atoms with E-state index in [4.69, 9.17) is 0 Å². The first-order valence-electron chi connectivity index (χ1n) is 5.04. The molecule has 1 heterocycles. The lowest BCUT2D eigenvalue weighted by molar-refractivity contribution is 0.0360. The number of nitriles is 1. The first-order valence-corrected chi connectivity index (χ1v) is 5.04. The molecule has 0 aromatic heterocycles. The molecule has 1 aliphatic carbocycles. The second-order valence-electron chi connectivity index (χ2n) is 4.42. The second kappa shape index (κ2) is 2.97. The van der Waals surface area contributed by atoms with Crippen molar-refractivity contribution in [3.8, 4) is 6.07 Å². The number of likely N-dealkylation sites (N-methyl/N-ethyl adjacent to an activating group) is 1. The van der Waals surface area contributed by atoms with Gasteiger partial charge < -0.3 is 5.32 Å². The largest absolute Gasteiger partial charge is 0.315 e.